The zero-order valence-electron chi connectivity index (χ0n) is 15.5. The van der Waals surface area contributed by atoms with Crippen LogP contribution in [0.4, 0.5) is 11.4 Å². The van der Waals surface area contributed by atoms with E-state index in [1.165, 1.54) is 54.4 Å². The van der Waals surface area contributed by atoms with Crippen molar-refractivity contribution in [2.24, 2.45) is 0 Å². The van der Waals surface area contributed by atoms with E-state index in [1.54, 1.807) is 6.07 Å². The standard InChI is InChI=1S/C17H17N3O7S2/c1-11-3-5-13(10-14(11)19(21)22)29(25,26)18-7-8-28-17(18)12-4-6-16(27-2)15(9-12)20(23)24/h3-6,9-10,17H,7-8H2,1-2H3/t17-/m1/s1. The number of benzene rings is 2. The number of thioether (sulfide) groups is 1. The third kappa shape index (κ3) is 3.91. The molecule has 0 saturated carbocycles. The molecule has 0 bridgehead atoms. The summed E-state index contributed by atoms with van der Waals surface area (Å²) in [6.45, 7) is 1.71. The fourth-order valence-corrected chi connectivity index (χ4v) is 6.30. The van der Waals surface area contributed by atoms with E-state index in [-0.39, 0.29) is 28.6 Å². The number of hydrogen-bond donors (Lipinski definition) is 0. The van der Waals surface area contributed by atoms with Crippen molar-refractivity contribution >= 4 is 33.2 Å². The molecule has 0 aromatic heterocycles. The van der Waals surface area contributed by atoms with Crippen molar-refractivity contribution in [2.75, 3.05) is 19.4 Å². The zero-order chi connectivity index (χ0) is 21.3. The Kier molecular flexibility index (Phi) is 5.78. The Bertz CT molecular complexity index is 1090. The van der Waals surface area contributed by atoms with Crippen LogP contribution in [0.1, 0.15) is 16.5 Å². The maximum atomic E-state index is 13.2. The third-order valence-electron chi connectivity index (χ3n) is 4.52. The van der Waals surface area contributed by atoms with Gasteiger partial charge in [0.25, 0.3) is 5.69 Å². The molecule has 0 aliphatic carbocycles. The second kappa shape index (κ2) is 7.97. The van der Waals surface area contributed by atoms with Gasteiger partial charge in [0.05, 0.1) is 27.2 Å². The second-order valence-electron chi connectivity index (χ2n) is 6.23. The summed E-state index contributed by atoms with van der Waals surface area (Å²) in [5.74, 6) is 0.558. The normalized spacial score (nSPS) is 17.2. The lowest BCUT2D eigenvalue weighted by atomic mass is 10.2. The van der Waals surface area contributed by atoms with E-state index in [0.29, 0.717) is 16.9 Å². The molecule has 1 saturated heterocycles. The van der Waals surface area contributed by atoms with Gasteiger partial charge in [0.1, 0.15) is 0 Å². The first-order valence-corrected chi connectivity index (χ1v) is 10.9. The van der Waals surface area contributed by atoms with E-state index < -0.39 is 25.2 Å². The molecule has 10 nitrogen and oxygen atoms in total. The number of methoxy groups -OCH3 is 1. The molecule has 3 rings (SSSR count). The number of nitrogens with zero attached hydrogens (tertiary/aromatic N) is 3. The summed E-state index contributed by atoms with van der Waals surface area (Å²) in [7, 11) is -2.74. The number of ether oxygens (including phenoxy) is 1. The zero-order valence-corrected chi connectivity index (χ0v) is 17.1. The van der Waals surface area contributed by atoms with Gasteiger partial charge in [-0.25, -0.2) is 8.42 Å². The van der Waals surface area contributed by atoms with Gasteiger partial charge >= 0.3 is 5.69 Å². The van der Waals surface area contributed by atoms with Crippen molar-refractivity contribution in [3.8, 4) is 5.75 Å². The van der Waals surface area contributed by atoms with Crippen LogP contribution in [0, 0.1) is 27.2 Å². The third-order valence-corrected chi connectivity index (χ3v) is 7.77. The molecule has 1 atom stereocenters. The fourth-order valence-electron chi connectivity index (χ4n) is 3.05. The van der Waals surface area contributed by atoms with Crippen LogP contribution in [0.15, 0.2) is 41.3 Å². The first-order chi connectivity index (χ1) is 13.7. The van der Waals surface area contributed by atoms with Gasteiger partial charge in [-0.3, -0.25) is 20.2 Å². The lowest BCUT2D eigenvalue weighted by Crippen LogP contribution is -2.30. The van der Waals surface area contributed by atoms with E-state index in [1.807, 2.05) is 0 Å². The van der Waals surface area contributed by atoms with Crippen LogP contribution in [0.3, 0.4) is 0 Å². The van der Waals surface area contributed by atoms with Gasteiger partial charge in [0, 0.05) is 30.0 Å². The number of sulfonamides is 1. The SMILES string of the molecule is COc1ccc([C@H]2SCCN2S(=O)(=O)c2ccc(C)c([N+](=O)[O-])c2)cc1[N+](=O)[O-]. The Morgan fingerprint density at radius 3 is 2.41 bits per heavy atom. The first-order valence-electron chi connectivity index (χ1n) is 8.37. The van der Waals surface area contributed by atoms with E-state index in [4.69, 9.17) is 4.74 Å². The Morgan fingerprint density at radius 2 is 1.79 bits per heavy atom. The molecule has 2 aromatic carbocycles. The lowest BCUT2D eigenvalue weighted by Gasteiger charge is -2.23. The maximum absolute atomic E-state index is 13.2. The number of nitro benzene ring substituents is 2. The van der Waals surface area contributed by atoms with Gasteiger partial charge in [-0.1, -0.05) is 12.1 Å². The second-order valence-corrected chi connectivity index (χ2v) is 9.31. The minimum Gasteiger partial charge on any atom is -0.490 e. The number of hydrogen-bond acceptors (Lipinski definition) is 8. The average Bonchev–Trinajstić information content (AvgIpc) is 3.18. The van der Waals surface area contributed by atoms with E-state index in [2.05, 4.69) is 0 Å². The highest BCUT2D eigenvalue weighted by Crippen LogP contribution is 2.43. The van der Waals surface area contributed by atoms with Crippen LogP contribution in [0.2, 0.25) is 0 Å². The molecule has 0 unspecified atom stereocenters. The molecular weight excluding hydrogens is 422 g/mol. The van der Waals surface area contributed by atoms with Crippen molar-refractivity contribution in [3.05, 3.63) is 67.8 Å². The Hall–Kier alpha value is -2.70. The Morgan fingerprint density at radius 1 is 1.10 bits per heavy atom. The predicted molar refractivity (Wildman–Crippen MR) is 107 cm³/mol. The molecule has 0 amide bonds. The van der Waals surface area contributed by atoms with E-state index in [0.717, 1.165) is 6.07 Å². The summed E-state index contributed by atoms with van der Waals surface area (Å²) >= 11 is 1.32. The topological polar surface area (TPSA) is 133 Å². The minimum absolute atomic E-state index is 0.0744. The van der Waals surface area contributed by atoms with Gasteiger partial charge in [-0.15, -0.1) is 11.8 Å². The molecule has 0 N–H and O–H groups in total. The maximum Gasteiger partial charge on any atom is 0.311 e. The molecular formula is C17H17N3O7S2. The molecule has 1 aliphatic rings. The van der Waals surface area contributed by atoms with Crippen LogP contribution >= 0.6 is 11.8 Å². The van der Waals surface area contributed by atoms with Crippen molar-refractivity contribution < 1.29 is 23.0 Å². The molecule has 0 spiro atoms. The summed E-state index contributed by atoms with van der Waals surface area (Å²) in [5.41, 5.74) is 0.243. The molecule has 154 valence electrons. The molecule has 0 radical (unpaired) electrons. The smallest absolute Gasteiger partial charge is 0.311 e. The molecule has 29 heavy (non-hydrogen) atoms. The average molecular weight is 439 g/mol. The van der Waals surface area contributed by atoms with Crippen LogP contribution in [0.5, 0.6) is 5.75 Å². The van der Waals surface area contributed by atoms with E-state index in [9.17, 15) is 28.6 Å². The van der Waals surface area contributed by atoms with Crippen molar-refractivity contribution in [2.45, 2.75) is 17.2 Å². The van der Waals surface area contributed by atoms with Crippen molar-refractivity contribution in [1.82, 2.24) is 4.31 Å². The van der Waals surface area contributed by atoms with E-state index >= 15 is 0 Å². The van der Waals surface area contributed by atoms with Crippen LogP contribution < -0.4 is 4.74 Å². The van der Waals surface area contributed by atoms with Crippen molar-refractivity contribution in [1.29, 1.82) is 0 Å². The Balaban J connectivity index is 2.03. The fraction of sp³-hybridized carbons (Fsp3) is 0.294. The predicted octanol–water partition coefficient (Wildman–Crippen LogP) is 3.26. The largest absolute Gasteiger partial charge is 0.490 e. The summed E-state index contributed by atoms with van der Waals surface area (Å²) in [5, 5.41) is 21.8. The molecule has 1 heterocycles. The highest BCUT2D eigenvalue weighted by molar-refractivity contribution is 8.01. The van der Waals surface area contributed by atoms with Gasteiger partial charge in [0.2, 0.25) is 10.0 Å². The summed E-state index contributed by atoms with van der Waals surface area (Å²) in [4.78, 5) is 21.1. The molecule has 1 fully saturated rings. The van der Waals surface area contributed by atoms with Gasteiger partial charge in [-0.2, -0.15) is 4.31 Å². The quantitative estimate of drug-likeness (QED) is 0.495. The summed E-state index contributed by atoms with van der Waals surface area (Å²) < 4.78 is 32.6. The molecule has 2 aromatic rings. The molecule has 12 heteroatoms. The van der Waals surface area contributed by atoms with Crippen LogP contribution in [-0.4, -0.2) is 42.0 Å². The summed E-state index contributed by atoms with van der Waals surface area (Å²) in [6, 6.07) is 8.06. The lowest BCUT2D eigenvalue weighted by molar-refractivity contribution is -0.385. The van der Waals surface area contributed by atoms with Gasteiger partial charge in [-0.05, 0) is 24.6 Å². The number of nitro groups is 2. The first kappa shape index (κ1) is 21.0. The minimum atomic E-state index is -4.05. The molecule has 1 aliphatic heterocycles. The monoisotopic (exact) mass is 439 g/mol. The highest BCUT2D eigenvalue weighted by atomic mass is 32.2. The van der Waals surface area contributed by atoms with Gasteiger partial charge < -0.3 is 4.74 Å². The number of rotatable bonds is 6. The van der Waals surface area contributed by atoms with Crippen molar-refractivity contribution in [3.63, 3.8) is 0 Å². The van der Waals surface area contributed by atoms with Gasteiger partial charge in [0.15, 0.2) is 5.75 Å². The van der Waals surface area contributed by atoms with Crippen LogP contribution in [0.25, 0.3) is 0 Å². The van der Waals surface area contributed by atoms with Crippen LogP contribution in [-0.2, 0) is 10.0 Å². The Labute approximate surface area is 170 Å². The highest BCUT2D eigenvalue weighted by Gasteiger charge is 2.38. The summed E-state index contributed by atoms with van der Waals surface area (Å²) in [6.07, 6.45) is 0. The number of aryl methyl sites for hydroxylation is 1.